The Balaban J connectivity index is 2.80. The van der Waals surface area contributed by atoms with Gasteiger partial charge in [0.05, 0.1) is 0 Å². The predicted octanol–water partition coefficient (Wildman–Crippen LogP) is 3.25. The Hall–Kier alpha value is -1.18. The number of rotatable bonds is 3. The van der Waals surface area contributed by atoms with Crippen LogP contribution in [0.4, 0.5) is 0 Å². The van der Waals surface area contributed by atoms with E-state index in [1.807, 2.05) is 6.07 Å². The summed E-state index contributed by atoms with van der Waals surface area (Å²) in [5.41, 5.74) is 1.08. The van der Waals surface area contributed by atoms with Crippen LogP contribution in [0.3, 0.4) is 0 Å². The Bertz CT molecular complexity index is 305. The van der Waals surface area contributed by atoms with Crippen LogP contribution in [0, 0.1) is 5.92 Å². The summed E-state index contributed by atoms with van der Waals surface area (Å²) in [6.45, 7) is 6.49. The van der Waals surface area contributed by atoms with Crippen LogP contribution in [0.2, 0.25) is 0 Å². The highest BCUT2D eigenvalue weighted by atomic mass is 16.3. The largest absolute Gasteiger partial charge is 0.504 e. The predicted molar refractivity (Wildman–Crippen MR) is 57.6 cm³/mol. The van der Waals surface area contributed by atoms with E-state index in [2.05, 4.69) is 20.8 Å². The van der Waals surface area contributed by atoms with Crippen LogP contribution in [-0.2, 0) is 0 Å². The van der Waals surface area contributed by atoms with Gasteiger partial charge in [0.1, 0.15) is 0 Å². The topological polar surface area (TPSA) is 40.5 Å². The molecule has 0 saturated carbocycles. The lowest BCUT2D eigenvalue weighted by Gasteiger charge is -2.14. The quantitative estimate of drug-likeness (QED) is 0.725. The molecule has 0 bridgehead atoms. The highest BCUT2D eigenvalue weighted by molar-refractivity contribution is 5.41. The minimum absolute atomic E-state index is 0.0295. The Morgan fingerprint density at radius 3 is 2.21 bits per heavy atom. The van der Waals surface area contributed by atoms with Gasteiger partial charge in [0.25, 0.3) is 0 Å². The van der Waals surface area contributed by atoms with Crippen LogP contribution in [-0.4, -0.2) is 10.2 Å². The zero-order valence-corrected chi connectivity index (χ0v) is 8.99. The van der Waals surface area contributed by atoms with Crippen molar-refractivity contribution in [2.45, 2.75) is 33.1 Å². The first-order valence-electron chi connectivity index (χ1n) is 5.02. The zero-order chi connectivity index (χ0) is 10.7. The van der Waals surface area contributed by atoms with Crippen molar-refractivity contribution in [3.63, 3.8) is 0 Å². The fourth-order valence-corrected chi connectivity index (χ4v) is 1.69. The monoisotopic (exact) mass is 194 g/mol. The van der Waals surface area contributed by atoms with Gasteiger partial charge < -0.3 is 10.2 Å². The van der Waals surface area contributed by atoms with Crippen molar-refractivity contribution in [1.29, 1.82) is 0 Å². The molecule has 0 aliphatic carbocycles. The third-order valence-corrected chi connectivity index (χ3v) is 2.39. The minimum atomic E-state index is -0.0505. The number of aromatic hydroxyl groups is 2. The molecule has 78 valence electrons. The molecule has 14 heavy (non-hydrogen) atoms. The Morgan fingerprint density at radius 1 is 1.07 bits per heavy atom. The maximum Gasteiger partial charge on any atom is 0.157 e. The standard InChI is InChI=1S/C12H18O2/c1-8(2)6-9(3)10-4-5-11(13)12(14)7-10/h4-5,7-9,13-14H,6H2,1-3H3. The third kappa shape index (κ3) is 2.66. The molecular formula is C12H18O2. The van der Waals surface area contributed by atoms with Crippen LogP contribution in [0.1, 0.15) is 38.7 Å². The van der Waals surface area contributed by atoms with Gasteiger partial charge in [-0.15, -0.1) is 0 Å². The molecule has 1 aromatic rings. The fraction of sp³-hybridized carbons (Fsp3) is 0.500. The van der Waals surface area contributed by atoms with Gasteiger partial charge in [-0.05, 0) is 36.0 Å². The highest BCUT2D eigenvalue weighted by Crippen LogP contribution is 2.30. The van der Waals surface area contributed by atoms with Gasteiger partial charge in [-0.1, -0.05) is 26.8 Å². The van der Waals surface area contributed by atoms with Crippen molar-refractivity contribution < 1.29 is 10.2 Å². The second kappa shape index (κ2) is 4.36. The van der Waals surface area contributed by atoms with E-state index in [0.717, 1.165) is 12.0 Å². The Kier molecular flexibility index (Phi) is 3.39. The van der Waals surface area contributed by atoms with E-state index in [1.54, 1.807) is 12.1 Å². The first-order valence-corrected chi connectivity index (χ1v) is 5.02. The molecule has 1 unspecified atom stereocenters. The molecule has 1 aromatic carbocycles. The van der Waals surface area contributed by atoms with Gasteiger partial charge in [-0.2, -0.15) is 0 Å². The molecule has 0 aliphatic heterocycles. The van der Waals surface area contributed by atoms with Crippen LogP contribution in [0.15, 0.2) is 18.2 Å². The van der Waals surface area contributed by atoms with Crippen molar-refractivity contribution in [2.75, 3.05) is 0 Å². The lowest BCUT2D eigenvalue weighted by molar-refractivity contribution is 0.402. The lowest BCUT2D eigenvalue weighted by atomic mass is 9.92. The fourth-order valence-electron chi connectivity index (χ4n) is 1.69. The number of hydrogen-bond donors (Lipinski definition) is 2. The first kappa shape index (κ1) is 10.9. The molecule has 0 heterocycles. The van der Waals surface area contributed by atoms with E-state index in [0.29, 0.717) is 11.8 Å². The van der Waals surface area contributed by atoms with Crippen molar-refractivity contribution in [3.8, 4) is 11.5 Å². The summed E-state index contributed by atoms with van der Waals surface area (Å²) in [6.07, 6.45) is 1.09. The zero-order valence-electron chi connectivity index (χ0n) is 8.99. The van der Waals surface area contributed by atoms with Crippen LogP contribution < -0.4 is 0 Å². The van der Waals surface area contributed by atoms with E-state index in [-0.39, 0.29) is 11.5 Å². The van der Waals surface area contributed by atoms with Gasteiger partial charge >= 0.3 is 0 Å². The summed E-state index contributed by atoms with van der Waals surface area (Å²) in [4.78, 5) is 0. The number of benzene rings is 1. The third-order valence-electron chi connectivity index (χ3n) is 2.39. The number of hydrogen-bond acceptors (Lipinski definition) is 2. The second-order valence-electron chi connectivity index (χ2n) is 4.28. The minimum Gasteiger partial charge on any atom is -0.504 e. The molecule has 2 heteroatoms. The van der Waals surface area contributed by atoms with Crippen molar-refractivity contribution in [1.82, 2.24) is 0 Å². The average molecular weight is 194 g/mol. The number of phenols is 2. The van der Waals surface area contributed by atoms with Crippen LogP contribution >= 0.6 is 0 Å². The normalized spacial score (nSPS) is 13.1. The molecule has 1 atom stereocenters. The SMILES string of the molecule is CC(C)CC(C)c1ccc(O)c(O)c1. The van der Waals surface area contributed by atoms with Gasteiger partial charge in [-0.3, -0.25) is 0 Å². The smallest absolute Gasteiger partial charge is 0.157 e. The molecule has 0 radical (unpaired) electrons. The van der Waals surface area contributed by atoms with Crippen molar-refractivity contribution in [3.05, 3.63) is 23.8 Å². The molecule has 0 aliphatic rings. The lowest BCUT2D eigenvalue weighted by Crippen LogP contribution is -1.98. The molecular weight excluding hydrogens is 176 g/mol. The Morgan fingerprint density at radius 2 is 1.71 bits per heavy atom. The summed E-state index contributed by atoms with van der Waals surface area (Å²) in [5, 5.41) is 18.5. The van der Waals surface area contributed by atoms with Gasteiger partial charge in [-0.25, -0.2) is 0 Å². The molecule has 2 N–H and O–H groups in total. The summed E-state index contributed by atoms with van der Waals surface area (Å²) in [7, 11) is 0. The molecule has 0 amide bonds. The molecule has 0 saturated heterocycles. The van der Waals surface area contributed by atoms with E-state index in [4.69, 9.17) is 5.11 Å². The summed E-state index contributed by atoms with van der Waals surface area (Å²) in [6, 6.07) is 5.05. The molecule has 0 aromatic heterocycles. The maximum atomic E-state index is 9.33. The van der Waals surface area contributed by atoms with E-state index in [9.17, 15) is 5.11 Å². The van der Waals surface area contributed by atoms with Gasteiger partial charge in [0.2, 0.25) is 0 Å². The molecule has 1 rings (SSSR count). The van der Waals surface area contributed by atoms with E-state index < -0.39 is 0 Å². The van der Waals surface area contributed by atoms with Gasteiger partial charge in [0.15, 0.2) is 11.5 Å². The van der Waals surface area contributed by atoms with Crippen LogP contribution in [0.5, 0.6) is 11.5 Å². The molecule has 0 fully saturated rings. The van der Waals surface area contributed by atoms with Crippen molar-refractivity contribution >= 4 is 0 Å². The second-order valence-corrected chi connectivity index (χ2v) is 4.28. The maximum absolute atomic E-state index is 9.33. The summed E-state index contributed by atoms with van der Waals surface area (Å²) >= 11 is 0. The average Bonchev–Trinajstić information content (AvgIpc) is 2.08. The van der Waals surface area contributed by atoms with E-state index in [1.165, 1.54) is 0 Å². The van der Waals surface area contributed by atoms with E-state index >= 15 is 0 Å². The highest BCUT2D eigenvalue weighted by Gasteiger charge is 2.09. The summed E-state index contributed by atoms with van der Waals surface area (Å²) in [5.74, 6) is 0.978. The molecule has 0 spiro atoms. The Labute approximate surface area is 85.2 Å². The van der Waals surface area contributed by atoms with Gasteiger partial charge in [0, 0.05) is 0 Å². The van der Waals surface area contributed by atoms with Crippen molar-refractivity contribution in [2.24, 2.45) is 5.92 Å². The molecule has 2 nitrogen and oxygen atoms in total. The first-order chi connectivity index (χ1) is 6.50. The summed E-state index contributed by atoms with van der Waals surface area (Å²) < 4.78 is 0. The number of phenolic OH excluding ortho intramolecular Hbond substituents is 2. The van der Waals surface area contributed by atoms with Crippen LogP contribution in [0.25, 0.3) is 0 Å².